The van der Waals surface area contributed by atoms with E-state index in [1.165, 1.54) is 93.0 Å². The Kier molecular flexibility index (Phi) is 8.53. The van der Waals surface area contributed by atoms with Crippen molar-refractivity contribution in [3.63, 3.8) is 0 Å². The number of fused-ring (bicyclic) bond motifs is 10. The second-order valence-electron chi connectivity index (χ2n) is 17.2. The zero-order valence-electron chi connectivity index (χ0n) is 35.1. The van der Waals surface area contributed by atoms with Crippen molar-refractivity contribution < 1.29 is 0 Å². The monoisotopic (exact) mass is 777 g/mol. The van der Waals surface area contributed by atoms with E-state index in [1.54, 1.807) is 0 Å². The van der Waals surface area contributed by atoms with Crippen molar-refractivity contribution in [1.29, 1.82) is 0 Å². The third-order valence-electron chi connectivity index (χ3n) is 14.2. The van der Waals surface area contributed by atoms with Crippen LogP contribution in [0.1, 0.15) is 70.9 Å². The van der Waals surface area contributed by atoms with Gasteiger partial charge in [0.05, 0.1) is 22.1 Å². The van der Waals surface area contributed by atoms with Gasteiger partial charge in [0, 0.05) is 60.1 Å². The van der Waals surface area contributed by atoms with Gasteiger partial charge in [0.15, 0.2) is 0 Å². The summed E-state index contributed by atoms with van der Waals surface area (Å²) in [5.74, 6) is 0. The van der Waals surface area contributed by atoms with Crippen molar-refractivity contribution in [2.75, 3.05) is 0 Å². The smallest absolute Gasteiger partial charge is 0.0697 e. The minimum Gasteiger partial charge on any atom is -0.330 e. The number of hydrogen-bond acceptors (Lipinski definition) is 0. The maximum Gasteiger partial charge on any atom is 0.0697 e. The van der Waals surface area contributed by atoms with Gasteiger partial charge in [0.2, 0.25) is 0 Å². The van der Waals surface area contributed by atoms with Gasteiger partial charge in [-0.1, -0.05) is 149 Å². The van der Waals surface area contributed by atoms with Crippen LogP contribution in [-0.4, -0.2) is 13.7 Å². The Bertz CT molecular complexity index is 3370. The molecule has 3 aromatic heterocycles. The molecule has 0 aliphatic heterocycles. The maximum absolute atomic E-state index is 2.70. The van der Waals surface area contributed by atoms with Gasteiger partial charge in [-0.3, -0.25) is 0 Å². The summed E-state index contributed by atoms with van der Waals surface area (Å²) in [4.78, 5) is 0. The molecule has 0 radical (unpaired) electrons. The quantitative estimate of drug-likeness (QED) is 0.131. The standard InChI is InChI=1S/C57H51N3/c1-5-8-35-56(4,59-52-26-16-12-21-44(52)45-22-13-17-27-53(45)59)41-30-34-55-49(37-41)47-24-14-18-28-54(47)60(55)57(6-2,7-3)42-31-33-51-48(38-42)46-23-11-15-25-50(46)58(51)43-32-29-39-19-9-10-20-40(39)36-43/h9-34,36-38H,5-8,35H2,1-4H3. The molecule has 294 valence electrons. The predicted molar refractivity (Wildman–Crippen MR) is 257 cm³/mol. The maximum atomic E-state index is 2.70. The summed E-state index contributed by atoms with van der Waals surface area (Å²) >= 11 is 0. The van der Waals surface area contributed by atoms with Crippen molar-refractivity contribution in [3.8, 4) is 5.69 Å². The lowest BCUT2D eigenvalue weighted by Crippen LogP contribution is -2.33. The summed E-state index contributed by atoms with van der Waals surface area (Å²) < 4.78 is 7.81. The topological polar surface area (TPSA) is 14.8 Å². The molecule has 3 heteroatoms. The van der Waals surface area contributed by atoms with E-state index in [2.05, 4.69) is 217 Å². The number of benzene rings is 8. The fraction of sp³-hybridized carbons (Fsp3) is 0.193. The number of hydrogen-bond donors (Lipinski definition) is 0. The highest BCUT2D eigenvalue weighted by atomic mass is 15.1. The van der Waals surface area contributed by atoms with E-state index in [4.69, 9.17) is 0 Å². The Morgan fingerprint density at radius 3 is 1.52 bits per heavy atom. The molecular formula is C57H51N3. The molecule has 0 saturated carbocycles. The highest BCUT2D eigenvalue weighted by Crippen LogP contribution is 2.46. The number of rotatable bonds is 10. The van der Waals surface area contributed by atoms with E-state index in [0.29, 0.717) is 0 Å². The molecule has 11 rings (SSSR count). The molecule has 1 atom stereocenters. The summed E-state index contributed by atoms with van der Waals surface area (Å²) in [6, 6.07) is 66.3. The second kappa shape index (κ2) is 14.0. The molecule has 0 amide bonds. The zero-order chi connectivity index (χ0) is 40.6. The average molecular weight is 778 g/mol. The van der Waals surface area contributed by atoms with Crippen LogP contribution in [0, 0.1) is 0 Å². The van der Waals surface area contributed by atoms with Crippen molar-refractivity contribution in [2.24, 2.45) is 0 Å². The minimum absolute atomic E-state index is 0.257. The molecule has 1 unspecified atom stereocenters. The van der Waals surface area contributed by atoms with Gasteiger partial charge in [-0.2, -0.15) is 0 Å². The van der Waals surface area contributed by atoms with Crippen molar-refractivity contribution >= 4 is 76.2 Å². The van der Waals surface area contributed by atoms with Gasteiger partial charge in [-0.15, -0.1) is 0 Å². The van der Waals surface area contributed by atoms with Gasteiger partial charge in [-0.05, 0) is 109 Å². The fourth-order valence-corrected chi connectivity index (χ4v) is 11.1. The SMILES string of the molecule is CCCCC(C)(c1ccc2c(c1)c1ccccc1n2C(CC)(CC)c1ccc2c(c1)c1ccccc1n2-c1ccc2ccccc2c1)n1c2ccccc2c2ccccc21. The van der Waals surface area contributed by atoms with Crippen LogP contribution >= 0.6 is 0 Å². The molecule has 0 fully saturated rings. The third-order valence-corrected chi connectivity index (χ3v) is 14.2. The van der Waals surface area contributed by atoms with E-state index in [1.807, 2.05) is 0 Å². The van der Waals surface area contributed by atoms with E-state index < -0.39 is 0 Å². The molecule has 0 aliphatic rings. The average Bonchev–Trinajstić information content (AvgIpc) is 3.95. The number of unbranched alkanes of at least 4 members (excludes halogenated alkanes) is 1. The van der Waals surface area contributed by atoms with Crippen LogP contribution in [0.5, 0.6) is 0 Å². The summed E-state index contributed by atoms with van der Waals surface area (Å²) in [6.07, 6.45) is 5.27. The lowest BCUT2D eigenvalue weighted by Gasteiger charge is -2.37. The Morgan fingerprint density at radius 2 is 0.867 bits per heavy atom. The first-order valence-corrected chi connectivity index (χ1v) is 22.0. The number of aromatic nitrogens is 3. The van der Waals surface area contributed by atoms with Crippen LogP contribution in [0.2, 0.25) is 0 Å². The molecule has 60 heavy (non-hydrogen) atoms. The van der Waals surface area contributed by atoms with Gasteiger partial charge < -0.3 is 13.7 Å². The molecule has 0 N–H and O–H groups in total. The molecule has 0 aliphatic carbocycles. The number of nitrogens with zero attached hydrogens (tertiary/aromatic N) is 3. The lowest BCUT2D eigenvalue weighted by atomic mass is 9.83. The van der Waals surface area contributed by atoms with Crippen LogP contribution in [0.25, 0.3) is 81.9 Å². The van der Waals surface area contributed by atoms with Gasteiger partial charge >= 0.3 is 0 Å². The molecule has 0 bridgehead atoms. The molecule has 3 nitrogen and oxygen atoms in total. The Balaban J connectivity index is 1.13. The van der Waals surface area contributed by atoms with E-state index in [-0.39, 0.29) is 11.1 Å². The summed E-state index contributed by atoms with van der Waals surface area (Å²) in [6.45, 7) is 9.56. The van der Waals surface area contributed by atoms with Crippen LogP contribution in [0.3, 0.4) is 0 Å². The van der Waals surface area contributed by atoms with Crippen LogP contribution in [-0.2, 0) is 11.1 Å². The van der Waals surface area contributed by atoms with Crippen LogP contribution in [0.15, 0.2) is 176 Å². The van der Waals surface area contributed by atoms with Crippen molar-refractivity contribution in [3.05, 3.63) is 187 Å². The van der Waals surface area contributed by atoms with Crippen molar-refractivity contribution in [2.45, 2.75) is 70.9 Å². The minimum atomic E-state index is -0.276. The third kappa shape index (κ3) is 5.21. The first-order chi connectivity index (χ1) is 29.5. The first kappa shape index (κ1) is 36.5. The lowest BCUT2D eigenvalue weighted by molar-refractivity contribution is 0.349. The molecule has 3 heterocycles. The summed E-state index contributed by atoms with van der Waals surface area (Å²) in [5, 5.41) is 10.4. The normalized spacial score (nSPS) is 13.5. The van der Waals surface area contributed by atoms with Crippen molar-refractivity contribution in [1.82, 2.24) is 13.7 Å². The molecule has 0 saturated heterocycles. The highest BCUT2D eigenvalue weighted by molar-refractivity contribution is 6.11. The zero-order valence-corrected chi connectivity index (χ0v) is 35.1. The second-order valence-corrected chi connectivity index (χ2v) is 17.2. The van der Waals surface area contributed by atoms with Gasteiger partial charge in [0.25, 0.3) is 0 Å². The molecular weight excluding hydrogens is 727 g/mol. The molecule has 11 aromatic rings. The van der Waals surface area contributed by atoms with Gasteiger partial charge in [0.1, 0.15) is 0 Å². The van der Waals surface area contributed by atoms with Gasteiger partial charge in [-0.25, -0.2) is 0 Å². The van der Waals surface area contributed by atoms with Crippen LogP contribution < -0.4 is 0 Å². The fourth-order valence-electron chi connectivity index (χ4n) is 11.1. The Labute approximate surface area is 352 Å². The first-order valence-electron chi connectivity index (χ1n) is 22.0. The van der Waals surface area contributed by atoms with E-state index >= 15 is 0 Å². The summed E-state index contributed by atoms with van der Waals surface area (Å²) in [5.41, 5.74) is 11.0. The van der Waals surface area contributed by atoms with E-state index in [0.717, 1.165) is 32.1 Å². The van der Waals surface area contributed by atoms with Crippen LogP contribution in [0.4, 0.5) is 0 Å². The predicted octanol–water partition coefficient (Wildman–Crippen LogP) is 15.7. The molecule has 0 spiro atoms. The Morgan fingerprint density at radius 1 is 0.400 bits per heavy atom. The number of para-hydroxylation sites is 4. The Hall–Kier alpha value is -6.58. The molecule has 8 aromatic carbocycles. The largest absolute Gasteiger partial charge is 0.330 e. The highest BCUT2D eigenvalue weighted by Gasteiger charge is 2.36. The van der Waals surface area contributed by atoms with E-state index in [9.17, 15) is 0 Å². The summed E-state index contributed by atoms with van der Waals surface area (Å²) in [7, 11) is 0.